The Morgan fingerprint density at radius 3 is 2.35 bits per heavy atom. The number of hydrogen-bond acceptors (Lipinski definition) is 7. The summed E-state index contributed by atoms with van der Waals surface area (Å²) in [6, 6.07) is 7.65. The molecule has 2 aromatic rings. The van der Waals surface area contributed by atoms with Crippen molar-refractivity contribution in [3.8, 4) is 0 Å². The van der Waals surface area contributed by atoms with Crippen LogP contribution in [0.2, 0.25) is 0 Å². The lowest BCUT2D eigenvalue weighted by atomic mass is 10.1. The van der Waals surface area contributed by atoms with E-state index in [-0.39, 0.29) is 17.9 Å². The van der Waals surface area contributed by atoms with E-state index in [1.165, 1.54) is 41.2 Å². The van der Waals surface area contributed by atoms with Crippen LogP contribution in [0.15, 0.2) is 44.8 Å². The second-order valence-electron chi connectivity index (χ2n) is 7.20. The molecule has 11 heteroatoms. The molecular formula is C20H25N3O7S. The van der Waals surface area contributed by atoms with Crippen LogP contribution in [-0.4, -0.2) is 54.1 Å². The third-order valence-corrected chi connectivity index (χ3v) is 7.07. The van der Waals surface area contributed by atoms with E-state index in [0.717, 1.165) is 10.1 Å². The van der Waals surface area contributed by atoms with E-state index in [2.05, 4.69) is 0 Å². The fourth-order valence-corrected chi connectivity index (χ4v) is 4.56. The maximum atomic E-state index is 12.6. The van der Waals surface area contributed by atoms with Gasteiger partial charge in [0.25, 0.3) is 5.56 Å². The first-order chi connectivity index (χ1) is 14.7. The third kappa shape index (κ3) is 5.30. The van der Waals surface area contributed by atoms with Gasteiger partial charge in [0.05, 0.1) is 23.8 Å². The SMILES string of the molecule is Cn1c(COC(=O)CCc2ccc(S(=O)(=O)N3CCOCC3)cc2)cc(=O)n(C)c1=O. The summed E-state index contributed by atoms with van der Waals surface area (Å²) < 4.78 is 39.2. The average molecular weight is 452 g/mol. The quantitative estimate of drug-likeness (QED) is 0.534. The molecule has 10 nitrogen and oxygen atoms in total. The molecule has 168 valence electrons. The van der Waals surface area contributed by atoms with Crippen molar-refractivity contribution in [2.45, 2.75) is 24.3 Å². The highest BCUT2D eigenvalue weighted by atomic mass is 32.2. The van der Waals surface area contributed by atoms with Gasteiger partial charge in [0, 0.05) is 39.7 Å². The summed E-state index contributed by atoms with van der Waals surface area (Å²) in [7, 11) is -0.687. The summed E-state index contributed by atoms with van der Waals surface area (Å²) >= 11 is 0. The van der Waals surface area contributed by atoms with Gasteiger partial charge in [-0.3, -0.25) is 18.7 Å². The van der Waals surface area contributed by atoms with Crippen LogP contribution in [0.5, 0.6) is 0 Å². The highest BCUT2D eigenvalue weighted by molar-refractivity contribution is 7.89. The van der Waals surface area contributed by atoms with E-state index in [4.69, 9.17) is 9.47 Å². The molecule has 0 bridgehead atoms. The summed E-state index contributed by atoms with van der Waals surface area (Å²) in [5, 5.41) is 0. The van der Waals surface area contributed by atoms with Gasteiger partial charge < -0.3 is 9.47 Å². The van der Waals surface area contributed by atoms with Crippen molar-refractivity contribution in [1.29, 1.82) is 0 Å². The Labute approximate surface area is 179 Å². The highest BCUT2D eigenvalue weighted by Gasteiger charge is 2.26. The number of nitrogens with zero attached hydrogens (tertiary/aromatic N) is 3. The van der Waals surface area contributed by atoms with Crippen LogP contribution in [0.1, 0.15) is 17.7 Å². The van der Waals surface area contributed by atoms with Crippen molar-refractivity contribution in [3.63, 3.8) is 0 Å². The number of aromatic nitrogens is 2. The average Bonchev–Trinajstić information content (AvgIpc) is 2.78. The molecule has 1 aromatic carbocycles. The van der Waals surface area contributed by atoms with Gasteiger partial charge in [-0.25, -0.2) is 13.2 Å². The predicted molar refractivity (Wildman–Crippen MR) is 111 cm³/mol. The number of esters is 1. The predicted octanol–water partition coefficient (Wildman–Crippen LogP) is -0.219. The maximum Gasteiger partial charge on any atom is 0.330 e. The zero-order valence-corrected chi connectivity index (χ0v) is 18.3. The number of carbonyl (C=O) groups excluding carboxylic acids is 1. The number of ether oxygens (including phenoxy) is 2. The summed E-state index contributed by atoms with van der Waals surface area (Å²) in [6.07, 6.45) is 0.445. The van der Waals surface area contributed by atoms with E-state index >= 15 is 0 Å². The Balaban J connectivity index is 1.55. The molecule has 0 saturated carbocycles. The second-order valence-corrected chi connectivity index (χ2v) is 9.13. The molecule has 0 aliphatic carbocycles. The van der Waals surface area contributed by atoms with Crippen LogP contribution in [0.3, 0.4) is 0 Å². The minimum absolute atomic E-state index is 0.0777. The molecule has 0 spiro atoms. The Morgan fingerprint density at radius 1 is 1.06 bits per heavy atom. The number of sulfonamides is 1. The molecule has 0 unspecified atom stereocenters. The Bertz CT molecular complexity index is 1160. The monoisotopic (exact) mass is 451 g/mol. The molecule has 1 aliphatic rings. The van der Waals surface area contributed by atoms with Crippen molar-refractivity contribution >= 4 is 16.0 Å². The summed E-state index contributed by atoms with van der Waals surface area (Å²) in [5.41, 5.74) is 0.130. The first kappa shape index (κ1) is 22.9. The Hall–Kier alpha value is -2.76. The standard InChI is InChI=1S/C20H25N3O7S/c1-21-16(13-18(24)22(2)20(21)26)14-30-19(25)8-5-15-3-6-17(7-4-15)31(27,28)23-9-11-29-12-10-23/h3-4,6-7,13H,5,8-12,14H2,1-2H3. The summed E-state index contributed by atoms with van der Waals surface area (Å²) in [4.78, 5) is 35.9. The van der Waals surface area contributed by atoms with Gasteiger partial charge in [-0.2, -0.15) is 4.31 Å². The summed E-state index contributed by atoms with van der Waals surface area (Å²) in [5.74, 6) is -0.488. The summed E-state index contributed by atoms with van der Waals surface area (Å²) in [6.45, 7) is 1.23. The molecule has 1 fully saturated rings. The van der Waals surface area contributed by atoms with E-state index in [1.54, 1.807) is 12.1 Å². The first-order valence-corrected chi connectivity index (χ1v) is 11.2. The molecule has 0 N–H and O–H groups in total. The number of carbonyl (C=O) groups is 1. The van der Waals surface area contributed by atoms with Crippen molar-refractivity contribution in [2.24, 2.45) is 14.1 Å². The van der Waals surface area contributed by atoms with Crippen molar-refractivity contribution in [2.75, 3.05) is 26.3 Å². The Kier molecular flexibility index (Phi) is 7.08. The number of morpholine rings is 1. The zero-order valence-electron chi connectivity index (χ0n) is 17.4. The third-order valence-electron chi connectivity index (χ3n) is 5.16. The molecule has 1 aliphatic heterocycles. The first-order valence-electron chi connectivity index (χ1n) is 9.78. The lowest BCUT2D eigenvalue weighted by Gasteiger charge is -2.26. The van der Waals surface area contributed by atoms with Gasteiger partial charge in [-0.05, 0) is 24.1 Å². The smallest absolute Gasteiger partial charge is 0.330 e. The van der Waals surface area contributed by atoms with Gasteiger partial charge in [-0.1, -0.05) is 12.1 Å². The van der Waals surface area contributed by atoms with Crippen molar-refractivity contribution in [1.82, 2.24) is 13.4 Å². The number of hydrogen-bond donors (Lipinski definition) is 0. The van der Waals surface area contributed by atoms with E-state index in [0.29, 0.717) is 38.4 Å². The van der Waals surface area contributed by atoms with Gasteiger partial charge in [0.1, 0.15) is 6.61 Å². The maximum absolute atomic E-state index is 12.6. The van der Waals surface area contributed by atoms with Gasteiger partial charge >= 0.3 is 11.7 Å². The molecule has 2 heterocycles. The number of benzene rings is 1. The molecule has 31 heavy (non-hydrogen) atoms. The molecule has 0 radical (unpaired) electrons. The molecule has 1 saturated heterocycles. The van der Waals surface area contributed by atoms with Gasteiger partial charge in [-0.15, -0.1) is 0 Å². The van der Waals surface area contributed by atoms with E-state index < -0.39 is 27.2 Å². The lowest BCUT2D eigenvalue weighted by molar-refractivity contribution is -0.145. The van der Waals surface area contributed by atoms with Gasteiger partial charge in [0.2, 0.25) is 10.0 Å². The van der Waals surface area contributed by atoms with Crippen LogP contribution in [-0.2, 0) is 51.4 Å². The van der Waals surface area contributed by atoms with Crippen LogP contribution in [0.4, 0.5) is 0 Å². The molecule has 0 amide bonds. The highest BCUT2D eigenvalue weighted by Crippen LogP contribution is 2.18. The minimum atomic E-state index is -3.56. The van der Waals surface area contributed by atoms with Crippen LogP contribution in [0, 0.1) is 0 Å². The second kappa shape index (κ2) is 9.58. The van der Waals surface area contributed by atoms with Crippen LogP contribution < -0.4 is 11.2 Å². The normalized spacial score (nSPS) is 15.0. The lowest BCUT2D eigenvalue weighted by Crippen LogP contribution is -2.40. The fraction of sp³-hybridized carbons (Fsp3) is 0.450. The van der Waals surface area contributed by atoms with E-state index in [1.807, 2.05) is 0 Å². The molecular weight excluding hydrogens is 426 g/mol. The van der Waals surface area contributed by atoms with Crippen molar-refractivity contribution < 1.29 is 22.7 Å². The molecule has 3 rings (SSSR count). The Morgan fingerprint density at radius 2 is 1.71 bits per heavy atom. The molecule has 0 atom stereocenters. The van der Waals surface area contributed by atoms with Crippen LogP contribution in [0.25, 0.3) is 0 Å². The molecule has 1 aromatic heterocycles. The van der Waals surface area contributed by atoms with E-state index in [9.17, 15) is 22.8 Å². The topological polar surface area (TPSA) is 117 Å². The number of rotatable bonds is 7. The number of aryl methyl sites for hydroxylation is 1. The van der Waals surface area contributed by atoms with Crippen LogP contribution >= 0.6 is 0 Å². The van der Waals surface area contributed by atoms with Crippen molar-refractivity contribution in [3.05, 3.63) is 62.4 Å². The van der Waals surface area contributed by atoms with Gasteiger partial charge in [0.15, 0.2) is 0 Å². The zero-order chi connectivity index (χ0) is 22.6. The fourth-order valence-electron chi connectivity index (χ4n) is 3.15. The largest absolute Gasteiger partial charge is 0.459 e. The minimum Gasteiger partial charge on any atom is -0.459 e.